The van der Waals surface area contributed by atoms with Crippen LogP contribution in [0.4, 0.5) is 11.9 Å². The molecule has 1 aromatic carbocycles. The number of rotatable bonds is 9. The van der Waals surface area contributed by atoms with E-state index in [2.05, 4.69) is 25.4 Å². The van der Waals surface area contributed by atoms with Crippen LogP contribution in [0, 0.1) is 6.92 Å². The second kappa shape index (κ2) is 9.68. The highest BCUT2D eigenvalue weighted by Crippen LogP contribution is 2.18. The number of aromatic nitrogens is 5. The minimum absolute atomic E-state index is 0.0820. The van der Waals surface area contributed by atoms with Gasteiger partial charge in [-0.2, -0.15) is 15.0 Å². The van der Waals surface area contributed by atoms with Crippen molar-refractivity contribution in [2.45, 2.75) is 20.4 Å². The van der Waals surface area contributed by atoms with Gasteiger partial charge in [-0.05, 0) is 25.5 Å². The second-order valence-electron chi connectivity index (χ2n) is 6.62. The van der Waals surface area contributed by atoms with Gasteiger partial charge in [-0.3, -0.25) is 4.79 Å². The first-order valence-electron chi connectivity index (χ1n) is 9.58. The smallest absolute Gasteiger partial charge is 0.330 e. The van der Waals surface area contributed by atoms with E-state index in [1.54, 1.807) is 4.90 Å². The minimum atomic E-state index is -0.256. The van der Waals surface area contributed by atoms with Gasteiger partial charge >= 0.3 is 6.01 Å². The summed E-state index contributed by atoms with van der Waals surface area (Å²) in [5.74, 6) is 1.81. The fraction of sp³-hybridized carbons (Fsp3) is 0.350. The molecule has 1 N–H and O–H groups in total. The summed E-state index contributed by atoms with van der Waals surface area (Å²) in [4.78, 5) is 26.7. The number of benzene rings is 1. The van der Waals surface area contributed by atoms with Gasteiger partial charge in [0.15, 0.2) is 0 Å². The van der Waals surface area contributed by atoms with E-state index in [9.17, 15) is 4.79 Å². The minimum Gasteiger partial charge on any atom is -0.491 e. The van der Waals surface area contributed by atoms with E-state index >= 15 is 0 Å². The molecule has 0 amide bonds. The van der Waals surface area contributed by atoms with Crippen molar-refractivity contribution in [2.24, 2.45) is 0 Å². The molecule has 0 spiro atoms. The molecule has 0 aliphatic rings. The molecule has 2 heterocycles. The van der Waals surface area contributed by atoms with E-state index in [0.29, 0.717) is 25.0 Å². The van der Waals surface area contributed by atoms with Gasteiger partial charge in [0.25, 0.3) is 5.56 Å². The van der Waals surface area contributed by atoms with Gasteiger partial charge in [0, 0.05) is 32.8 Å². The molecule has 10 heteroatoms. The van der Waals surface area contributed by atoms with Gasteiger partial charge in [-0.25, -0.2) is 4.68 Å². The molecular formula is C20H25N7O3. The summed E-state index contributed by atoms with van der Waals surface area (Å²) < 4.78 is 12.7. The van der Waals surface area contributed by atoms with Gasteiger partial charge in [0.2, 0.25) is 17.8 Å². The lowest BCUT2D eigenvalue weighted by atomic mass is 10.2. The predicted octanol–water partition coefficient (Wildman–Crippen LogP) is 2.11. The van der Waals surface area contributed by atoms with E-state index in [4.69, 9.17) is 9.47 Å². The molecule has 0 unspecified atom stereocenters. The van der Waals surface area contributed by atoms with Crippen LogP contribution in [0.15, 0.2) is 41.2 Å². The molecule has 0 saturated heterocycles. The number of aryl methyl sites for hydroxylation is 1. The van der Waals surface area contributed by atoms with Gasteiger partial charge in [-0.1, -0.05) is 18.2 Å². The lowest BCUT2D eigenvalue weighted by molar-refractivity contribution is 0.282. The summed E-state index contributed by atoms with van der Waals surface area (Å²) in [6.07, 6.45) is 0. The lowest BCUT2D eigenvalue weighted by Crippen LogP contribution is -2.25. The Balaban J connectivity index is 1.73. The van der Waals surface area contributed by atoms with Crippen molar-refractivity contribution in [2.75, 3.05) is 37.5 Å². The van der Waals surface area contributed by atoms with Crippen molar-refractivity contribution in [1.82, 2.24) is 24.7 Å². The Morgan fingerprint density at radius 3 is 2.63 bits per heavy atom. The van der Waals surface area contributed by atoms with Crippen LogP contribution in [0.2, 0.25) is 0 Å². The van der Waals surface area contributed by atoms with Gasteiger partial charge in [0.1, 0.15) is 12.4 Å². The van der Waals surface area contributed by atoms with Gasteiger partial charge in [-0.15, -0.1) is 5.10 Å². The number of nitrogens with zero attached hydrogens (tertiary/aromatic N) is 6. The first kappa shape index (κ1) is 21.0. The fourth-order valence-electron chi connectivity index (χ4n) is 2.53. The summed E-state index contributed by atoms with van der Waals surface area (Å²) >= 11 is 0. The van der Waals surface area contributed by atoms with Crippen molar-refractivity contribution < 1.29 is 9.47 Å². The van der Waals surface area contributed by atoms with Crippen molar-refractivity contribution in [1.29, 1.82) is 0 Å². The first-order chi connectivity index (χ1) is 14.5. The van der Waals surface area contributed by atoms with Crippen LogP contribution >= 0.6 is 0 Å². The molecule has 0 atom stereocenters. The van der Waals surface area contributed by atoms with Crippen molar-refractivity contribution in [3.8, 4) is 17.6 Å². The molecule has 0 radical (unpaired) electrons. The maximum atomic E-state index is 12.1. The summed E-state index contributed by atoms with van der Waals surface area (Å²) in [6.45, 7) is 5.12. The third kappa shape index (κ3) is 5.43. The quantitative estimate of drug-likeness (QED) is 0.566. The molecule has 2 aromatic heterocycles. The summed E-state index contributed by atoms with van der Waals surface area (Å²) in [5.41, 5.74) is 0.770. The Morgan fingerprint density at radius 1 is 1.10 bits per heavy atom. The molecule has 0 aliphatic carbocycles. The van der Waals surface area contributed by atoms with E-state index in [1.165, 1.54) is 16.8 Å². The topological polar surface area (TPSA) is 107 Å². The average molecular weight is 411 g/mol. The monoisotopic (exact) mass is 411 g/mol. The Kier molecular flexibility index (Phi) is 6.79. The fourth-order valence-corrected chi connectivity index (χ4v) is 2.53. The summed E-state index contributed by atoms with van der Waals surface area (Å²) in [6, 6.07) is 10.6. The zero-order chi connectivity index (χ0) is 21.5. The number of hydrogen-bond acceptors (Lipinski definition) is 9. The van der Waals surface area contributed by atoms with Gasteiger partial charge in [0.05, 0.1) is 6.54 Å². The second-order valence-corrected chi connectivity index (χ2v) is 6.62. The van der Waals surface area contributed by atoms with E-state index in [0.717, 1.165) is 11.3 Å². The molecule has 3 rings (SSSR count). The lowest BCUT2D eigenvalue weighted by Gasteiger charge is -2.13. The number of anilines is 2. The molecular weight excluding hydrogens is 386 g/mol. The Hall–Kier alpha value is -3.69. The van der Waals surface area contributed by atoms with Crippen molar-refractivity contribution >= 4 is 11.9 Å². The zero-order valence-corrected chi connectivity index (χ0v) is 17.5. The van der Waals surface area contributed by atoms with Crippen LogP contribution in [0.5, 0.6) is 17.6 Å². The Labute approximate surface area is 174 Å². The third-order valence-corrected chi connectivity index (χ3v) is 4.03. The first-order valence-corrected chi connectivity index (χ1v) is 9.58. The largest absolute Gasteiger partial charge is 0.491 e. The standard InChI is InChI=1S/C20H25N7O3/c1-5-21-18-22-19(26(3)4)24-20(23-18)30-16-10-11-17(28)27(25-16)12-13-29-15-9-7-6-8-14(15)2/h6-11H,5,12-13H2,1-4H3,(H,21,22,23,24). The number of nitrogens with one attached hydrogen (secondary N) is 1. The highest BCUT2D eigenvalue weighted by molar-refractivity contribution is 5.37. The molecule has 10 nitrogen and oxygen atoms in total. The molecule has 30 heavy (non-hydrogen) atoms. The molecule has 0 fully saturated rings. The molecule has 0 bridgehead atoms. The highest BCUT2D eigenvalue weighted by atomic mass is 16.5. The van der Waals surface area contributed by atoms with Crippen LogP contribution in [0.1, 0.15) is 12.5 Å². The Morgan fingerprint density at radius 2 is 1.90 bits per heavy atom. The predicted molar refractivity (Wildman–Crippen MR) is 114 cm³/mol. The van der Waals surface area contributed by atoms with Crippen LogP contribution in [-0.4, -0.2) is 52.0 Å². The molecule has 0 saturated carbocycles. The van der Waals surface area contributed by atoms with Crippen LogP contribution < -0.4 is 25.2 Å². The van der Waals surface area contributed by atoms with Gasteiger partial charge < -0.3 is 19.7 Å². The zero-order valence-electron chi connectivity index (χ0n) is 17.5. The molecule has 158 valence electrons. The van der Waals surface area contributed by atoms with E-state index in [-0.39, 0.29) is 24.0 Å². The maximum absolute atomic E-state index is 12.1. The third-order valence-electron chi connectivity index (χ3n) is 4.03. The van der Waals surface area contributed by atoms with E-state index < -0.39 is 0 Å². The molecule has 0 aliphatic heterocycles. The van der Waals surface area contributed by atoms with Crippen LogP contribution in [0.3, 0.4) is 0 Å². The maximum Gasteiger partial charge on any atom is 0.330 e. The number of ether oxygens (including phenoxy) is 2. The summed E-state index contributed by atoms with van der Waals surface area (Å²) in [5, 5.41) is 7.28. The van der Waals surface area contributed by atoms with Crippen molar-refractivity contribution in [3.05, 3.63) is 52.3 Å². The highest BCUT2D eigenvalue weighted by Gasteiger charge is 2.11. The summed E-state index contributed by atoms with van der Waals surface area (Å²) in [7, 11) is 3.64. The normalized spacial score (nSPS) is 10.5. The van der Waals surface area contributed by atoms with Crippen LogP contribution in [0.25, 0.3) is 0 Å². The SMILES string of the molecule is CCNc1nc(Oc2ccc(=O)n(CCOc3ccccc3C)n2)nc(N(C)C)n1. The van der Waals surface area contributed by atoms with Crippen LogP contribution in [-0.2, 0) is 6.54 Å². The number of hydrogen-bond donors (Lipinski definition) is 1. The van der Waals surface area contributed by atoms with E-state index in [1.807, 2.05) is 52.2 Å². The number of para-hydroxylation sites is 1. The average Bonchev–Trinajstić information content (AvgIpc) is 2.72. The Bertz CT molecular complexity index is 1050. The molecule has 3 aromatic rings. The van der Waals surface area contributed by atoms with Crippen molar-refractivity contribution in [3.63, 3.8) is 0 Å².